The SMILES string of the molecule is Cc1c(C(=O)NC2CC3CCC(C3)C2)c2ccc(F)c(F)c2n1CCCS(C)(=O)=O. The van der Waals surface area contributed by atoms with Crippen molar-refractivity contribution in [3.8, 4) is 0 Å². The lowest BCUT2D eigenvalue weighted by Gasteiger charge is -2.28. The van der Waals surface area contributed by atoms with Crippen LogP contribution in [0.15, 0.2) is 12.1 Å². The molecule has 5 nitrogen and oxygen atoms in total. The van der Waals surface area contributed by atoms with Gasteiger partial charge in [0.1, 0.15) is 9.84 Å². The zero-order valence-electron chi connectivity index (χ0n) is 17.4. The van der Waals surface area contributed by atoms with Gasteiger partial charge in [0.05, 0.1) is 16.8 Å². The van der Waals surface area contributed by atoms with Crippen LogP contribution in [0.25, 0.3) is 10.9 Å². The van der Waals surface area contributed by atoms with Crippen molar-refractivity contribution >= 4 is 26.6 Å². The van der Waals surface area contributed by atoms with Crippen molar-refractivity contribution in [1.29, 1.82) is 0 Å². The van der Waals surface area contributed by atoms with Crippen molar-refractivity contribution in [2.75, 3.05) is 12.0 Å². The van der Waals surface area contributed by atoms with Crippen molar-refractivity contribution in [3.63, 3.8) is 0 Å². The first kappa shape index (κ1) is 21.3. The maximum atomic E-state index is 14.7. The molecule has 4 rings (SSSR count). The van der Waals surface area contributed by atoms with Crippen LogP contribution in [0, 0.1) is 30.4 Å². The summed E-state index contributed by atoms with van der Waals surface area (Å²) < 4.78 is 53.2. The van der Waals surface area contributed by atoms with Gasteiger partial charge >= 0.3 is 0 Å². The van der Waals surface area contributed by atoms with Crippen LogP contribution in [-0.2, 0) is 16.4 Å². The number of rotatable bonds is 6. The highest BCUT2D eigenvalue weighted by Gasteiger charge is 2.35. The minimum atomic E-state index is -3.17. The molecule has 0 saturated heterocycles. The summed E-state index contributed by atoms with van der Waals surface area (Å²) >= 11 is 0. The molecule has 1 aromatic heterocycles. The van der Waals surface area contributed by atoms with Crippen LogP contribution in [0.2, 0.25) is 0 Å². The van der Waals surface area contributed by atoms with Crippen LogP contribution >= 0.6 is 0 Å². The fraction of sp³-hybridized carbons (Fsp3) is 0.591. The number of hydrogen-bond donors (Lipinski definition) is 1. The molecule has 0 aliphatic heterocycles. The largest absolute Gasteiger partial charge is 0.349 e. The lowest BCUT2D eigenvalue weighted by molar-refractivity contribution is 0.0919. The summed E-state index contributed by atoms with van der Waals surface area (Å²) in [5.74, 6) is -0.991. The topological polar surface area (TPSA) is 68.2 Å². The molecular formula is C22H28F2N2O3S. The number of amides is 1. The second-order valence-electron chi connectivity index (χ2n) is 9.04. The van der Waals surface area contributed by atoms with Gasteiger partial charge in [0.2, 0.25) is 0 Å². The zero-order valence-corrected chi connectivity index (χ0v) is 18.2. The molecule has 0 spiro atoms. The number of sulfone groups is 1. The van der Waals surface area contributed by atoms with E-state index in [0.29, 0.717) is 28.5 Å². The Bertz CT molecular complexity index is 1080. The highest BCUT2D eigenvalue weighted by molar-refractivity contribution is 7.90. The maximum Gasteiger partial charge on any atom is 0.253 e. The van der Waals surface area contributed by atoms with Gasteiger partial charge in [-0.3, -0.25) is 4.79 Å². The van der Waals surface area contributed by atoms with Crippen LogP contribution in [0.1, 0.15) is 54.6 Å². The summed E-state index contributed by atoms with van der Waals surface area (Å²) in [4.78, 5) is 13.2. The van der Waals surface area contributed by atoms with Crippen molar-refractivity contribution in [2.45, 2.75) is 58.0 Å². The van der Waals surface area contributed by atoms with E-state index >= 15 is 0 Å². The minimum Gasteiger partial charge on any atom is -0.349 e. The summed E-state index contributed by atoms with van der Waals surface area (Å²) in [6.45, 7) is 1.90. The molecular weight excluding hydrogens is 410 g/mol. The van der Waals surface area contributed by atoms with Gasteiger partial charge in [0, 0.05) is 29.9 Å². The number of nitrogens with one attached hydrogen (secondary N) is 1. The van der Waals surface area contributed by atoms with Crippen molar-refractivity contribution in [2.24, 2.45) is 11.8 Å². The number of carbonyl (C=O) groups excluding carboxylic acids is 1. The Labute approximate surface area is 175 Å². The van der Waals surface area contributed by atoms with Gasteiger partial charge in [0.15, 0.2) is 11.6 Å². The van der Waals surface area contributed by atoms with Gasteiger partial charge in [-0.25, -0.2) is 17.2 Å². The minimum absolute atomic E-state index is 0.0230. The first-order valence-corrected chi connectivity index (χ1v) is 12.7. The first-order valence-electron chi connectivity index (χ1n) is 10.6. The van der Waals surface area contributed by atoms with Crippen molar-refractivity contribution < 1.29 is 22.0 Å². The lowest BCUT2D eigenvalue weighted by atomic mass is 9.85. The zero-order chi connectivity index (χ0) is 21.6. The van der Waals surface area contributed by atoms with E-state index in [2.05, 4.69) is 5.32 Å². The summed E-state index contributed by atoms with van der Waals surface area (Å²) in [6.07, 6.45) is 7.03. The third kappa shape index (κ3) is 4.11. The van der Waals surface area contributed by atoms with Gasteiger partial charge in [0.25, 0.3) is 5.91 Å². The van der Waals surface area contributed by atoms with Gasteiger partial charge in [-0.1, -0.05) is 12.8 Å². The second-order valence-corrected chi connectivity index (χ2v) is 11.3. The summed E-state index contributed by atoms with van der Waals surface area (Å²) in [5.41, 5.74) is 0.898. The van der Waals surface area contributed by atoms with Gasteiger partial charge < -0.3 is 9.88 Å². The van der Waals surface area contributed by atoms with E-state index in [9.17, 15) is 22.0 Å². The molecule has 2 aliphatic rings. The van der Waals surface area contributed by atoms with E-state index in [1.807, 2.05) is 0 Å². The van der Waals surface area contributed by atoms with Crippen molar-refractivity contribution in [1.82, 2.24) is 9.88 Å². The van der Waals surface area contributed by atoms with Crippen LogP contribution in [0.4, 0.5) is 8.78 Å². The number of hydrogen-bond acceptors (Lipinski definition) is 3. The highest BCUT2D eigenvalue weighted by atomic mass is 32.2. The average Bonchev–Trinajstić information content (AvgIpc) is 3.14. The number of nitrogens with zero attached hydrogens (tertiary/aromatic N) is 1. The molecule has 1 aromatic carbocycles. The standard InChI is InChI=1S/C22H28F2N2O3S/c1-13-19(22(27)25-16-11-14-4-5-15(10-14)12-16)17-6-7-18(23)20(24)21(17)26(13)8-3-9-30(2,28)29/h6-7,14-16H,3-5,8-12H2,1-2H3,(H,25,27). The monoisotopic (exact) mass is 438 g/mol. The van der Waals surface area contributed by atoms with Gasteiger partial charge in [-0.2, -0.15) is 0 Å². The molecule has 8 heteroatoms. The first-order chi connectivity index (χ1) is 14.1. The van der Waals surface area contributed by atoms with E-state index in [0.717, 1.165) is 25.2 Å². The molecule has 1 amide bonds. The van der Waals surface area contributed by atoms with E-state index in [1.54, 1.807) is 11.5 Å². The molecule has 1 N–H and O–H groups in total. The number of aryl methyl sites for hydroxylation is 1. The Morgan fingerprint density at radius 2 is 1.83 bits per heavy atom. The molecule has 2 aliphatic carbocycles. The van der Waals surface area contributed by atoms with Crippen molar-refractivity contribution in [3.05, 3.63) is 35.0 Å². The Morgan fingerprint density at radius 3 is 2.47 bits per heavy atom. The Hall–Kier alpha value is -1.96. The molecule has 1 heterocycles. The molecule has 2 aromatic rings. The fourth-order valence-corrected chi connectivity index (χ4v) is 6.09. The molecule has 0 radical (unpaired) electrons. The molecule has 2 unspecified atom stereocenters. The summed E-state index contributed by atoms with van der Waals surface area (Å²) in [7, 11) is -3.17. The molecule has 164 valence electrons. The van der Waals surface area contributed by atoms with Crippen LogP contribution in [0.5, 0.6) is 0 Å². The van der Waals surface area contributed by atoms with Gasteiger partial charge in [-0.05, 0) is 56.6 Å². The predicted octanol–water partition coefficient (Wildman–Crippen LogP) is 3.97. The second kappa shape index (κ2) is 7.94. The lowest BCUT2D eigenvalue weighted by Crippen LogP contribution is -2.39. The Morgan fingerprint density at radius 1 is 1.17 bits per heavy atom. The van der Waals surface area contributed by atoms with Crippen LogP contribution in [0.3, 0.4) is 0 Å². The molecule has 2 fully saturated rings. The molecule has 2 atom stereocenters. The molecule has 2 bridgehead atoms. The fourth-order valence-electron chi connectivity index (χ4n) is 5.44. The van der Waals surface area contributed by atoms with E-state index in [4.69, 9.17) is 0 Å². The van der Waals surface area contributed by atoms with Crippen LogP contribution < -0.4 is 5.32 Å². The third-order valence-electron chi connectivity index (χ3n) is 6.72. The maximum absolute atomic E-state index is 14.7. The third-order valence-corrected chi connectivity index (χ3v) is 7.75. The number of halogens is 2. The summed E-state index contributed by atoms with van der Waals surface area (Å²) in [6, 6.07) is 2.58. The quantitative estimate of drug-likeness (QED) is 0.742. The number of fused-ring (bicyclic) bond motifs is 3. The average molecular weight is 439 g/mol. The number of carbonyl (C=O) groups is 1. The summed E-state index contributed by atoms with van der Waals surface area (Å²) in [5, 5.41) is 3.50. The van der Waals surface area contributed by atoms with E-state index < -0.39 is 21.5 Å². The Balaban J connectivity index is 1.66. The smallest absolute Gasteiger partial charge is 0.253 e. The predicted molar refractivity (Wildman–Crippen MR) is 112 cm³/mol. The normalized spacial score (nSPS) is 23.8. The Kier molecular flexibility index (Phi) is 5.64. The molecule has 30 heavy (non-hydrogen) atoms. The van der Waals surface area contributed by atoms with E-state index in [1.165, 1.54) is 25.3 Å². The van der Waals surface area contributed by atoms with Gasteiger partial charge in [-0.15, -0.1) is 0 Å². The highest BCUT2D eigenvalue weighted by Crippen LogP contribution is 2.42. The van der Waals surface area contributed by atoms with Crippen LogP contribution in [-0.4, -0.2) is 36.9 Å². The number of benzene rings is 1. The number of aromatic nitrogens is 1. The molecule has 2 saturated carbocycles. The van der Waals surface area contributed by atoms with E-state index in [-0.39, 0.29) is 36.2 Å².